The lowest BCUT2D eigenvalue weighted by atomic mass is 10.0. The van der Waals surface area contributed by atoms with E-state index >= 15 is 0 Å². The van der Waals surface area contributed by atoms with E-state index in [4.69, 9.17) is 20.4 Å². The van der Waals surface area contributed by atoms with Crippen LogP contribution in [0.1, 0.15) is 18.4 Å². The van der Waals surface area contributed by atoms with Gasteiger partial charge in [-0.2, -0.15) is 0 Å². The zero-order chi connectivity index (χ0) is 19.8. The average Bonchev–Trinajstić information content (AvgIpc) is 3.18. The largest absolute Gasteiger partial charge is 0.443 e. The molecule has 2 aromatic heterocycles. The first kappa shape index (κ1) is 18.2. The fraction of sp³-hybridized carbons (Fsp3) is 0.273. The van der Waals surface area contributed by atoms with E-state index in [1.165, 1.54) is 18.0 Å². The zero-order valence-electron chi connectivity index (χ0n) is 15.7. The van der Waals surface area contributed by atoms with Crippen LogP contribution < -0.4 is 10.9 Å². The Morgan fingerprint density at radius 2 is 1.97 bits per heavy atom. The van der Waals surface area contributed by atoms with E-state index < -0.39 is 0 Å². The van der Waals surface area contributed by atoms with Crippen LogP contribution in [0.15, 0.2) is 62.5 Å². The molecule has 3 heterocycles. The molecule has 5 rings (SSSR count). The first-order chi connectivity index (χ1) is 14.1. The number of nitrogens with one attached hydrogen (secondary N) is 1. The Hall–Kier alpha value is -2.83. The Bertz CT molecular complexity index is 1220. The lowest BCUT2D eigenvalue weighted by Crippen LogP contribution is -2.38. The molecule has 1 N–H and O–H groups in total. The minimum atomic E-state index is -0.359. The third kappa shape index (κ3) is 3.86. The highest BCUT2D eigenvalue weighted by atomic mass is 35.5. The highest BCUT2D eigenvalue weighted by molar-refractivity contribution is 6.31. The Balaban J connectivity index is 1.26. The normalized spacial score (nSPS) is 15.9. The van der Waals surface area contributed by atoms with Gasteiger partial charge in [0.25, 0.3) is 0 Å². The number of piperidine rings is 1. The molecule has 148 valence electrons. The van der Waals surface area contributed by atoms with Crippen LogP contribution in [0, 0.1) is 0 Å². The second-order valence-electron chi connectivity index (χ2n) is 7.47. The van der Waals surface area contributed by atoms with Crippen LogP contribution in [0.4, 0.5) is 5.69 Å². The SMILES string of the molecule is O=c1cc(NC2CCN(Cc3ccc4ncoc4c3)CC2)c2cc(Cl)ccc2o1. The lowest BCUT2D eigenvalue weighted by Gasteiger charge is -2.33. The number of anilines is 1. The Morgan fingerprint density at radius 3 is 2.83 bits per heavy atom. The van der Waals surface area contributed by atoms with Crippen molar-refractivity contribution in [3.63, 3.8) is 0 Å². The smallest absolute Gasteiger partial charge is 0.338 e. The summed E-state index contributed by atoms with van der Waals surface area (Å²) in [6.07, 6.45) is 3.46. The maximum Gasteiger partial charge on any atom is 0.338 e. The van der Waals surface area contributed by atoms with Gasteiger partial charge in [0.05, 0.1) is 5.69 Å². The molecule has 1 saturated heterocycles. The molecular weight excluding hydrogens is 390 g/mol. The van der Waals surface area contributed by atoms with Crippen molar-refractivity contribution >= 4 is 39.4 Å². The molecule has 29 heavy (non-hydrogen) atoms. The van der Waals surface area contributed by atoms with Gasteiger partial charge in [-0.05, 0) is 48.7 Å². The van der Waals surface area contributed by atoms with E-state index in [0.29, 0.717) is 16.6 Å². The Labute approximate surface area is 172 Å². The highest BCUT2D eigenvalue weighted by Crippen LogP contribution is 2.27. The summed E-state index contributed by atoms with van der Waals surface area (Å²) in [7, 11) is 0. The summed E-state index contributed by atoms with van der Waals surface area (Å²) in [5, 5.41) is 4.98. The molecule has 0 radical (unpaired) electrons. The number of likely N-dealkylation sites (tertiary alicyclic amines) is 1. The van der Waals surface area contributed by atoms with Gasteiger partial charge in [-0.15, -0.1) is 0 Å². The summed E-state index contributed by atoms with van der Waals surface area (Å²) in [5.41, 5.74) is 3.91. The zero-order valence-corrected chi connectivity index (χ0v) is 16.5. The molecule has 0 spiro atoms. The van der Waals surface area contributed by atoms with Crippen LogP contribution >= 0.6 is 11.6 Å². The maximum absolute atomic E-state index is 11.9. The predicted octanol–water partition coefficient (Wildman–Crippen LogP) is 4.66. The van der Waals surface area contributed by atoms with Crippen LogP contribution in [0.25, 0.3) is 22.1 Å². The van der Waals surface area contributed by atoms with Gasteiger partial charge >= 0.3 is 5.63 Å². The minimum absolute atomic E-state index is 0.298. The van der Waals surface area contributed by atoms with Crippen LogP contribution in [-0.4, -0.2) is 29.0 Å². The second-order valence-corrected chi connectivity index (χ2v) is 7.91. The molecule has 0 bridgehead atoms. The van der Waals surface area contributed by atoms with Crippen molar-refractivity contribution in [3.05, 3.63) is 69.9 Å². The third-order valence-corrected chi connectivity index (χ3v) is 5.69. The van der Waals surface area contributed by atoms with Crippen molar-refractivity contribution in [2.75, 3.05) is 18.4 Å². The fourth-order valence-corrected chi connectivity index (χ4v) is 4.14. The number of oxazole rings is 1. The molecule has 4 aromatic rings. The average molecular weight is 410 g/mol. The quantitative estimate of drug-likeness (QED) is 0.494. The molecule has 0 unspecified atom stereocenters. The van der Waals surface area contributed by atoms with Crippen molar-refractivity contribution < 1.29 is 8.83 Å². The molecule has 6 nitrogen and oxygen atoms in total. The number of hydrogen-bond donors (Lipinski definition) is 1. The third-order valence-electron chi connectivity index (χ3n) is 5.45. The number of halogens is 1. The lowest BCUT2D eigenvalue weighted by molar-refractivity contribution is 0.211. The van der Waals surface area contributed by atoms with Crippen molar-refractivity contribution in [2.45, 2.75) is 25.4 Å². The van der Waals surface area contributed by atoms with Crippen LogP contribution in [0.5, 0.6) is 0 Å². The van der Waals surface area contributed by atoms with E-state index in [9.17, 15) is 4.79 Å². The summed E-state index contributed by atoms with van der Waals surface area (Å²) in [6, 6.07) is 13.3. The molecule has 0 aliphatic carbocycles. The minimum Gasteiger partial charge on any atom is -0.443 e. The molecule has 7 heteroatoms. The fourth-order valence-electron chi connectivity index (χ4n) is 3.97. The monoisotopic (exact) mass is 409 g/mol. The standard InChI is InChI=1S/C22H20ClN3O3/c23-15-2-4-20-17(10-15)19(11-22(27)29-20)25-16-5-7-26(8-6-16)12-14-1-3-18-21(9-14)28-13-24-18/h1-4,9-11,13,16,25H,5-8,12H2. The van der Waals surface area contributed by atoms with Gasteiger partial charge in [0.15, 0.2) is 12.0 Å². The van der Waals surface area contributed by atoms with Gasteiger partial charge in [-0.25, -0.2) is 9.78 Å². The Morgan fingerprint density at radius 1 is 1.10 bits per heavy atom. The second kappa shape index (κ2) is 7.54. The van der Waals surface area contributed by atoms with Gasteiger partial charge in [-0.3, -0.25) is 4.90 Å². The number of hydrogen-bond acceptors (Lipinski definition) is 6. The maximum atomic E-state index is 11.9. The van der Waals surface area contributed by atoms with E-state index in [-0.39, 0.29) is 5.63 Å². The molecule has 0 amide bonds. The van der Waals surface area contributed by atoms with Gasteiger partial charge in [-0.1, -0.05) is 17.7 Å². The molecule has 1 aliphatic rings. The van der Waals surface area contributed by atoms with E-state index in [1.54, 1.807) is 12.1 Å². The summed E-state index contributed by atoms with van der Waals surface area (Å²) in [6.45, 7) is 2.84. The summed E-state index contributed by atoms with van der Waals surface area (Å²) in [4.78, 5) is 18.5. The van der Waals surface area contributed by atoms with Crippen LogP contribution in [0.2, 0.25) is 5.02 Å². The van der Waals surface area contributed by atoms with Gasteiger partial charge in [0.1, 0.15) is 11.1 Å². The summed E-state index contributed by atoms with van der Waals surface area (Å²) < 4.78 is 10.7. The van der Waals surface area contributed by atoms with Gasteiger partial charge < -0.3 is 14.2 Å². The Kier molecular flexibility index (Phi) is 4.73. The number of fused-ring (bicyclic) bond motifs is 2. The van der Waals surface area contributed by atoms with E-state index in [1.807, 2.05) is 12.1 Å². The van der Waals surface area contributed by atoms with Crippen molar-refractivity contribution in [2.24, 2.45) is 0 Å². The van der Waals surface area contributed by atoms with Crippen molar-refractivity contribution in [1.29, 1.82) is 0 Å². The van der Waals surface area contributed by atoms with Crippen LogP contribution in [0.3, 0.4) is 0 Å². The molecule has 1 fully saturated rings. The molecule has 1 aliphatic heterocycles. The number of aromatic nitrogens is 1. The number of rotatable bonds is 4. The van der Waals surface area contributed by atoms with Gasteiger partial charge in [0.2, 0.25) is 0 Å². The summed E-state index contributed by atoms with van der Waals surface area (Å²) >= 11 is 6.13. The van der Waals surface area contributed by atoms with E-state index in [0.717, 1.165) is 54.6 Å². The van der Waals surface area contributed by atoms with Crippen molar-refractivity contribution in [1.82, 2.24) is 9.88 Å². The van der Waals surface area contributed by atoms with Crippen molar-refractivity contribution in [3.8, 4) is 0 Å². The summed E-state index contributed by atoms with van der Waals surface area (Å²) in [5.74, 6) is 0. The van der Waals surface area contributed by atoms with E-state index in [2.05, 4.69) is 27.3 Å². The molecule has 2 aromatic carbocycles. The number of benzene rings is 2. The predicted molar refractivity (Wildman–Crippen MR) is 113 cm³/mol. The first-order valence-electron chi connectivity index (χ1n) is 9.68. The molecule has 0 saturated carbocycles. The topological polar surface area (TPSA) is 71.5 Å². The van der Waals surface area contributed by atoms with Gasteiger partial charge in [0, 0.05) is 42.2 Å². The molecular formula is C22H20ClN3O3. The first-order valence-corrected chi connectivity index (χ1v) is 10.1. The molecule has 0 atom stereocenters. The van der Waals surface area contributed by atoms with Crippen LogP contribution in [-0.2, 0) is 6.54 Å². The highest BCUT2D eigenvalue weighted by Gasteiger charge is 2.20. The number of nitrogens with zero attached hydrogens (tertiary/aromatic N) is 2.